The molecule has 1 rings (SSSR count). The lowest BCUT2D eigenvalue weighted by Gasteiger charge is -2.12. The number of nitrogens with two attached hydrogens (primary N) is 1. The Morgan fingerprint density at radius 2 is 2.13 bits per heavy atom. The molecule has 0 amide bonds. The van der Waals surface area contributed by atoms with Crippen molar-refractivity contribution in [2.24, 2.45) is 5.73 Å². The van der Waals surface area contributed by atoms with Gasteiger partial charge >= 0.3 is 0 Å². The third kappa shape index (κ3) is 3.16. The van der Waals surface area contributed by atoms with Gasteiger partial charge in [-0.2, -0.15) is 0 Å². The molecule has 0 radical (unpaired) electrons. The second kappa shape index (κ2) is 5.66. The van der Waals surface area contributed by atoms with Gasteiger partial charge < -0.3 is 10.5 Å². The molecule has 4 nitrogen and oxygen atoms in total. The van der Waals surface area contributed by atoms with E-state index < -0.39 is 0 Å². The number of hydrogen-bond donors (Lipinski definition) is 1. The van der Waals surface area contributed by atoms with Crippen LogP contribution in [0.3, 0.4) is 0 Å². The van der Waals surface area contributed by atoms with E-state index >= 15 is 0 Å². The SMILES string of the molecule is CCOc1ncnc(CC(N)CC)c1C. The van der Waals surface area contributed by atoms with Crippen molar-refractivity contribution in [2.75, 3.05) is 6.61 Å². The van der Waals surface area contributed by atoms with Crippen LogP contribution >= 0.6 is 0 Å². The molecule has 1 aromatic rings. The summed E-state index contributed by atoms with van der Waals surface area (Å²) in [5.41, 5.74) is 7.89. The maximum absolute atomic E-state index is 5.90. The maximum Gasteiger partial charge on any atom is 0.219 e. The monoisotopic (exact) mass is 209 g/mol. The molecule has 1 heterocycles. The Morgan fingerprint density at radius 1 is 1.40 bits per heavy atom. The Bertz CT molecular complexity index is 315. The third-order valence-corrected chi connectivity index (χ3v) is 2.40. The fourth-order valence-corrected chi connectivity index (χ4v) is 1.35. The topological polar surface area (TPSA) is 61.0 Å². The summed E-state index contributed by atoms with van der Waals surface area (Å²) in [5.74, 6) is 0.672. The highest BCUT2D eigenvalue weighted by Crippen LogP contribution is 2.17. The molecule has 0 fully saturated rings. The van der Waals surface area contributed by atoms with Crippen LogP contribution in [-0.4, -0.2) is 22.6 Å². The van der Waals surface area contributed by atoms with Crippen LogP contribution < -0.4 is 10.5 Å². The molecule has 1 atom stereocenters. The van der Waals surface area contributed by atoms with Gasteiger partial charge in [0.1, 0.15) is 6.33 Å². The summed E-state index contributed by atoms with van der Waals surface area (Å²) in [5, 5.41) is 0. The quantitative estimate of drug-likeness (QED) is 0.797. The number of hydrogen-bond acceptors (Lipinski definition) is 4. The third-order valence-electron chi connectivity index (χ3n) is 2.40. The summed E-state index contributed by atoms with van der Waals surface area (Å²) < 4.78 is 5.40. The fraction of sp³-hybridized carbons (Fsp3) is 0.636. The Morgan fingerprint density at radius 3 is 2.73 bits per heavy atom. The van der Waals surface area contributed by atoms with Crippen LogP contribution in [-0.2, 0) is 6.42 Å². The number of nitrogens with zero attached hydrogens (tertiary/aromatic N) is 2. The summed E-state index contributed by atoms with van der Waals surface area (Å²) in [4.78, 5) is 8.33. The molecule has 0 bridgehead atoms. The highest BCUT2D eigenvalue weighted by Gasteiger charge is 2.10. The second-order valence-corrected chi connectivity index (χ2v) is 3.56. The highest BCUT2D eigenvalue weighted by molar-refractivity contribution is 5.28. The van der Waals surface area contributed by atoms with Crippen molar-refractivity contribution in [2.45, 2.75) is 39.7 Å². The van der Waals surface area contributed by atoms with E-state index in [2.05, 4.69) is 16.9 Å². The van der Waals surface area contributed by atoms with Crippen LogP contribution in [0, 0.1) is 6.92 Å². The maximum atomic E-state index is 5.90. The molecular weight excluding hydrogens is 190 g/mol. The van der Waals surface area contributed by atoms with Crippen molar-refractivity contribution >= 4 is 0 Å². The van der Waals surface area contributed by atoms with Crippen molar-refractivity contribution in [3.63, 3.8) is 0 Å². The lowest BCUT2D eigenvalue weighted by Crippen LogP contribution is -2.22. The smallest absolute Gasteiger partial charge is 0.219 e. The van der Waals surface area contributed by atoms with Gasteiger partial charge in [0.15, 0.2) is 0 Å². The van der Waals surface area contributed by atoms with Crippen LogP contribution in [0.4, 0.5) is 0 Å². The molecule has 0 aliphatic rings. The van der Waals surface area contributed by atoms with Gasteiger partial charge in [-0.15, -0.1) is 0 Å². The minimum Gasteiger partial charge on any atom is -0.478 e. The first kappa shape index (κ1) is 11.9. The van der Waals surface area contributed by atoms with Gasteiger partial charge in [0.25, 0.3) is 0 Å². The molecule has 15 heavy (non-hydrogen) atoms. The molecule has 4 heteroatoms. The Labute approximate surface area is 90.9 Å². The molecule has 1 unspecified atom stereocenters. The van der Waals surface area contributed by atoms with E-state index in [0.717, 1.165) is 24.1 Å². The summed E-state index contributed by atoms with van der Waals surface area (Å²) in [6, 6.07) is 0.160. The van der Waals surface area contributed by atoms with Gasteiger partial charge in [-0.25, -0.2) is 9.97 Å². The first-order valence-electron chi connectivity index (χ1n) is 5.37. The van der Waals surface area contributed by atoms with E-state index in [-0.39, 0.29) is 6.04 Å². The Balaban J connectivity index is 2.84. The van der Waals surface area contributed by atoms with Gasteiger partial charge in [-0.1, -0.05) is 6.92 Å². The predicted octanol–water partition coefficient (Wildman–Crippen LogP) is 1.46. The molecule has 0 saturated carbocycles. The first-order valence-corrected chi connectivity index (χ1v) is 5.37. The number of rotatable bonds is 5. The molecule has 0 aliphatic heterocycles. The molecule has 0 aliphatic carbocycles. The van der Waals surface area contributed by atoms with Gasteiger partial charge in [-0.05, 0) is 20.3 Å². The van der Waals surface area contributed by atoms with Crippen LogP contribution in [0.1, 0.15) is 31.5 Å². The predicted molar refractivity (Wildman–Crippen MR) is 59.9 cm³/mol. The van der Waals surface area contributed by atoms with Gasteiger partial charge in [0, 0.05) is 18.0 Å². The summed E-state index contributed by atoms with van der Waals surface area (Å²) in [6.07, 6.45) is 3.27. The zero-order chi connectivity index (χ0) is 11.3. The van der Waals surface area contributed by atoms with E-state index in [4.69, 9.17) is 10.5 Å². The van der Waals surface area contributed by atoms with Crippen molar-refractivity contribution < 1.29 is 4.74 Å². The van der Waals surface area contributed by atoms with E-state index in [1.54, 1.807) is 0 Å². The lowest BCUT2D eigenvalue weighted by atomic mass is 10.1. The van der Waals surface area contributed by atoms with Crippen LogP contribution in [0.2, 0.25) is 0 Å². The van der Waals surface area contributed by atoms with Crippen LogP contribution in [0.5, 0.6) is 5.88 Å². The Hall–Kier alpha value is -1.16. The van der Waals surface area contributed by atoms with Crippen LogP contribution in [0.25, 0.3) is 0 Å². The van der Waals surface area contributed by atoms with E-state index in [0.29, 0.717) is 12.5 Å². The van der Waals surface area contributed by atoms with Crippen molar-refractivity contribution in [1.29, 1.82) is 0 Å². The van der Waals surface area contributed by atoms with Gasteiger partial charge in [0.2, 0.25) is 5.88 Å². The zero-order valence-corrected chi connectivity index (χ0v) is 9.66. The normalized spacial score (nSPS) is 12.5. The summed E-state index contributed by atoms with van der Waals surface area (Å²) >= 11 is 0. The molecule has 0 saturated heterocycles. The Kier molecular flexibility index (Phi) is 4.49. The van der Waals surface area contributed by atoms with Gasteiger partial charge in [-0.3, -0.25) is 0 Å². The first-order chi connectivity index (χ1) is 7.19. The van der Waals surface area contributed by atoms with Crippen LogP contribution in [0.15, 0.2) is 6.33 Å². The number of aromatic nitrogens is 2. The highest BCUT2D eigenvalue weighted by atomic mass is 16.5. The van der Waals surface area contributed by atoms with Gasteiger partial charge in [0.05, 0.1) is 12.3 Å². The molecule has 0 spiro atoms. The fourth-order valence-electron chi connectivity index (χ4n) is 1.35. The molecule has 2 N–H and O–H groups in total. The zero-order valence-electron chi connectivity index (χ0n) is 9.66. The van der Waals surface area contributed by atoms with E-state index in [9.17, 15) is 0 Å². The summed E-state index contributed by atoms with van der Waals surface area (Å²) in [7, 11) is 0. The lowest BCUT2D eigenvalue weighted by molar-refractivity contribution is 0.322. The van der Waals surface area contributed by atoms with E-state index in [1.165, 1.54) is 6.33 Å². The number of ether oxygens (including phenoxy) is 1. The minimum atomic E-state index is 0.160. The van der Waals surface area contributed by atoms with E-state index in [1.807, 2.05) is 13.8 Å². The average Bonchev–Trinajstić information content (AvgIpc) is 2.24. The largest absolute Gasteiger partial charge is 0.478 e. The average molecular weight is 209 g/mol. The van der Waals surface area contributed by atoms with Crippen molar-refractivity contribution in [3.05, 3.63) is 17.6 Å². The standard InChI is InChI=1S/C11H19N3O/c1-4-9(12)6-10-8(3)11(15-5-2)14-7-13-10/h7,9H,4-6,12H2,1-3H3. The molecule has 1 aromatic heterocycles. The van der Waals surface area contributed by atoms with Crippen molar-refractivity contribution in [1.82, 2.24) is 9.97 Å². The van der Waals surface area contributed by atoms with Crippen molar-refractivity contribution in [3.8, 4) is 5.88 Å². The minimum absolute atomic E-state index is 0.160. The summed E-state index contributed by atoms with van der Waals surface area (Å²) in [6.45, 7) is 6.61. The molecule has 84 valence electrons. The molecular formula is C11H19N3O. The molecule has 0 aromatic carbocycles. The second-order valence-electron chi connectivity index (χ2n) is 3.56.